The molecule has 2 amide bonds. The van der Waals surface area contributed by atoms with Crippen LogP contribution < -0.4 is 15.5 Å². The van der Waals surface area contributed by atoms with Gasteiger partial charge in [0.05, 0.1) is 6.21 Å². The first kappa shape index (κ1) is 24.8. The molecule has 3 aromatic carbocycles. The van der Waals surface area contributed by atoms with E-state index in [9.17, 15) is 9.59 Å². The molecule has 0 radical (unpaired) electrons. The molecule has 0 atom stereocenters. The fourth-order valence-corrected chi connectivity index (χ4v) is 3.89. The van der Waals surface area contributed by atoms with E-state index in [0.717, 1.165) is 28.2 Å². The highest BCUT2D eigenvalue weighted by Crippen LogP contribution is 2.22. The predicted octanol–water partition coefficient (Wildman–Crippen LogP) is 5.42. The van der Waals surface area contributed by atoms with Gasteiger partial charge in [0, 0.05) is 33.3 Å². The molecule has 8 heteroatoms. The molecule has 0 aliphatic heterocycles. The van der Waals surface area contributed by atoms with Crippen LogP contribution in [0.25, 0.3) is 5.69 Å². The maximum absolute atomic E-state index is 12.2. The number of ether oxygens (including phenoxy) is 1. The average molecular weight is 501 g/mol. The summed E-state index contributed by atoms with van der Waals surface area (Å²) in [6.45, 7) is 4.35. The van der Waals surface area contributed by atoms with Crippen molar-refractivity contribution < 1.29 is 14.3 Å². The minimum Gasteiger partial charge on any atom is -0.489 e. The minimum absolute atomic E-state index is 0.439. The van der Waals surface area contributed by atoms with Crippen LogP contribution in [0.1, 0.15) is 22.5 Å². The number of rotatable bonds is 7. The Kier molecular flexibility index (Phi) is 7.82. The van der Waals surface area contributed by atoms with Crippen molar-refractivity contribution in [3.63, 3.8) is 0 Å². The molecule has 0 saturated heterocycles. The predicted molar refractivity (Wildman–Crippen MR) is 142 cm³/mol. The van der Waals surface area contributed by atoms with Gasteiger partial charge in [-0.2, -0.15) is 5.10 Å². The molecule has 0 spiro atoms. The third-order valence-electron chi connectivity index (χ3n) is 5.47. The first-order chi connectivity index (χ1) is 17.4. The van der Waals surface area contributed by atoms with E-state index in [-0.39, 0.29) is 0 Å². The summed E-state index contributed by atoms with van der Waals surface area (Å²) < 4.78 is 7.77. The molecule has 0 bridgehead atoms. The first-order valence-electron chi connectivity index (χ1n) is 11.3. The summed E-state index contributed by atoms with van der Waals surface area (Å²) >= 11 is 6.13. The zero-order valence-corrected chi connectivity index (χ0v) is 20.6. The SMILES string of the molecule is Cc1cc(/C=N\NC(=O)C(=O)Nc2ccc(OCc3ccccc3)cc2)c(C)n1-c1cccc(Cl)c1. The van der Waals surface area contributed by atoms with Gasteiger partial charge >= 0.3 is 11.8 Å². The first-order valence-corrected chi connectivity index (χ1v) is 11.6. The molecule has 7 nitrogen and oxygen atoms in total. The van der Waals surface area contributed by atoms with Gasteiger partial charge in [-0.1, -0.05) is 48.0 Å². The molecule has 0 aliphatic rings. The highest BCUT2D eigenvalue weighted by atomic mass is 35.5. The number of aryl methyl sites for hydroxylation is 1. The number of halogens is 1. The largest absolute Gasteiger partial charge is 0.489 e. The number of hydrogen-bond donors (Lipinski definition) is 2. The molecule has 2 N–H and O–H groups in total. The lowest BCUT2D eigenvalue weighted by molar-refractivity contribution is -0.136. The number of hydrazone groups is 1. The molecule has 1 aromatic heterocycles. The van der Waals surface area contributed by atoms with Crippen molar-refractivity contribution in [3.8, 4) is 11.4 Å². The molecule has 0 unspecified atom stereocenters. The Labute approximate surface area is 214 Å². The lowest BCUT2D eigenvalue weighted by Crippen LogP contribution is -2.32. The van der Waals surface area contributed by atoms with Crippen molar-refractivity contribution in [3.05, 3.63) is 112 Å². The molecule has 0 saturated carbocycles. The standard InChI is InChI=1S/C28H25ClN4O3/c1-19-15-22(20(2)33(19)25-10-6-9-23(29)16-25)17-30-32-28(35)27(34)31-24-11-13-26(14-12-24)36-18-21-7-4-3-5-8-21/h3-17H,18H2,1-2H3,(H,31,34)(H,32,35)/b30-17-. The van der Waals surface area contributed by atoms with Crippen LogP contribution in [-0.4, -0.2) is 22.6 Å². The summed E-state index contributed by atoms with van der Waals surface area (Å²) in [7, 11) is 0. The lowest BCUT2D eigenvalue weighted by Gasteiger charge is -2.09. The van der Waals surface area contributed by atoms with Gasteiger partial charge in [-0.25, -0.2) is 5.43 Å². The summed E-state index contributed by atoms with van der Waals surface area (Å²) in [4.78, 5) is 24.4. The smallest absolute Gasteiger partial charge is 0.329 e. The summed E-state index contributed by atoms with van der Waals surface area (Å²) in [5.74, 6) is -1.05. The third-order valence-corrected chi connectivity index (χ3v) is 5.71. The second-order valence-corrected chi connectivity index (χ2v) is 8.53. The zero-order valence-electron chi connectivity index (χ0n) is 19.9. The fourth-order valence-electron chi connectivity index (χ4n) is 3.71. The number of benzene rings is 3. The molecular weight excluding hydrogens is 476 g/mol. The van der Waals surface area contributed by atoms with Gasteiger partial charge < -0.3 is 14.6 Å². The molecule has 0 aliphatic carbocycles. The molecular formula is C28H25ClN4O3. The van der Waals surface area contributed by atoms with Gasteiger partial charge in [-0.15, -0.1) is 0 Å². The Morgan fingerprint density at radius 3 is 2.42 bits per heavy atom. The maximum Gasteiger partial charge on any atom is 0.329 e. The highest BCUT2D eigenvalue weighted by Gasteiger charge is 2.14. The van der Waals surface area contributed by atoms with Gasteiger partial charge in [0.2, 0.25) is 0 Å². The molecule has 1 heterocycles. The Hall–Kier alpha value is -4.36. The van der Waals surface area contributed by atoms with Crippen LogP contribution in [0.2, 0.25) is 5.02 Å². The topological polar surface area (TPSA) is 84.7 Å². The third kappa shape index (κ3) is 6.20. The van der Waals surface area contributed by atoms with E-state index in [2.05, 4.69) is 15.8 Å². The van der Waals surface area contributed by atoms with Crippen LogP contribution in [0.3, 0.4) is 0 Å². The Balaban J connectivity index is 1.31. The Morgan fingerprint density at radius 2 is 1.69 bits per heavy atom. The number of amides is 2. The molecule has 36 heavy (non-hydrogen) atoms. The highest BCUT2D eigenvalue weighted by molar-refractivity contribution is 6.39. The van der Waals surface area contributed by atoms with Crippen LogP contribution in [0.15, 0.2) is 90.0 Å². The van der Waals surface area contributed by atoms with Gasteiger partial charge in [0.15, 0.2) is 0 Å². The van der Waals surface area contributed by atoms with Crippen LogP contribution in [0, 0.1) is 13.8 Å². The number of nitrogens with one attached hydrogen (secondary N) is 2. The monoisotopic (exact) mass is 500 g/mol. The Morgan fingerprint density at radius 1 is 0.944 bits per heavy atom. The van der Waals surface area contributed by atoms with Crippen LogP contribution >= 0.6 is 11.6 Å². The summed E-state index contributed by atoms with van der Waals surface area (Å²) in [6, 6.07) is 26.1. The maximum atomic E-state index is 12.2. The van der Waals surface area contributed by atoms with E-state index in [4.69, 9.17) is 16.3 Å². The Bertz CT molecular complexity index is 1400. The van der Waals surface area contributed by atoms with Crippen LogP contribution in [0.5, 0.6) is 5.75 Å². The van der Waals surface area contributed by atoms with E-state index in [0.29, 0.717) is 23.1 Å². The van der Waals surface area contributed by atoms with E-state index >= 15 is 0 Å². The number of nitrogens with zero attached hydrogens (tertiary/aromatic N) is 2. The molecule has 0 fully saturated rings. The fraction of sp³-hybridized carbons (Fsp3) is 0.107. The van der Waals surface area contributed by atoms with Gasteiger partial charge in [0.1, 0.15) is 12.4 Å². The number of carbonyl (C=O) groups is 2. The van der Waals surface area contributed by atoms with Gasteiger partial charge in [-0.3, -0.25) is 9.59 Å². The van der Waals surface area contributed by atoms with Crippen molar-refractivity contribution in [2.24, 2.45) is 5.10 Å². The van der Waals surface area contributed by atoms with Gasteiger partial charge in [0.25, 0.3) is 0 Å². The van der Waals surface area contributed by atoms with E-state index in [1.54, 1.807) is 24.3 Å². The van der Waals surface area contributed by atoms with Crippen molar-refractivity contribution >= 4 is 35.3 Å². The second-order valence-electron chi connectivity index (χ2n) is 8.09. The minimum atomic E-state index is -0.876. The zero-order chi connectivity index (χ0) is 25.5. The van der Waals surface area contributed by atoms with E-state index in [1.807, 2.05) is 79.1 Å². The van der Waals surface area contributed by atoms with Crippen molar-refractivity contribution in [2.75, 3.05) is 5.32 Å². The molecule has 182 valence electrons. The number of hydrogen-bond acceptors (Lipinski definition) is 4. The summed E-state index contributed by atoms with van der Waals surface area (Å²) in [6.07, 6.45) is 1.51. The summed E-state index contributed by atoms with van der Waals surface area (Å²) in [5.41, 5.74) is 7.43. The van der Waals surface area contributed by atoms with Crippen molar-refractivity contribution in [1.82, 2.24) is 9.99 Å². The van der Waals surface area contributed by atoms with Crippen molar-refractivity contribution in [1.29, 1.82) is 0 Å². The second kappa shape index (κ2) is 11.4. The normalized spacial score (nSPS) is 10.9. The van der Waals surface area contributed by atoms with Crippen molar-refractivity contribution in [2.45, 2.75) is 20.5 Å². The van der Waals surface area contributed by atoms with Crippen LogP contribution in [-0.2, 0) is 16.2 Å². The van der Waals surface area contributed by atoms with E-state index < -0.39 is 11.8 Å². The van der Waals surface area contributed by atoms with Gasteiger partial charge in [-0.05, 0) is 67.9 Å². The number of carbonyl (C=O) groups excluding carboxylic acids is 2. The number of anilines is 1. The lowest BCUT2D eigenvalue weighted by atomic mass is 10.2. The number of aromatic nitrogens is 1. The average Bonchev–Trinajstić information content (AvgIpc) is 3.16. The van der Waals surface area contributed by atoms with E-state index in [1.165, 1.54) is 6.21 Å². The molecule has 4 aromatic rings. The van der Waals surface area contributed by atoms with Crippen LogP contribution in [0.4, 0.5) is 5.69 Å². The molecule has 4 rings (SSSR count). The quantitative estimate of drug-likeness (QED) is 0.202. The summed E-state index contributed by atoms with van der Waals surface area (Å²) in [5, 5.41) is 7.14.